The third-order valence-corrected chi connectivity index (χ3v) is 13.7. The number of hydrogen-bond acceptors (Lipinski definition) is 6. The number of carbonyl (C=O) groups excluding carboxylic acids is 3. The zero-order valence-corrected chi connectivity index (χ0v) is 48.4. The zero-order valence-electron chi connectivity index (χ0n) is 48.4. The standard InChI is InChI=1S/C67H118O6/c1-4-7-10-13-16-19-22-25-28-31-32-33-34-37-39-42-45-48-51-54-57-60-66(69)72-63-64(73-67(70)61-58-55-52-49-46-43-40-36-30-27-24-21-18-15-12-9-6-3)62-71-65(68)59-56-53-50-47-44-41-38-35-29-26-23-20-17-14-11-8-5-2/h17,20,26-27,29-30,38,40-41,43,49,52,64H,4-16,18-19,21-25,28,31-37,39,42,44-48,50-51,53-63H2,1-3H3/b20-17-,29-26-,30-27-,41-38-,43-40-,52-49-/t64-/m1/s1. The van der Waals surface area contributed by atoms with Crippen LogP contribution in [0.3, 0.4) is 0 Å². The smallest absolute Gasteiger partial charge is 0.306 e. The Morgan fingerprint density at radius 1 is 0.274 bits per heavy atom. The molecule has 6 nitrogen and oxygen atoms in total. The molecule has 0 unspecified atom stereocenters. The Morgan fingerprint density at radius 2 is 0.507 bits per heavy atom. The number of unbranched alkanes of at least 4 members (excludes halogenated alkanes) is 34. The fraction of sp³-hybridized carbons (Fsp3) is 0.776. The minimum Gasteiger partial charge on any atom is -0.462 e. The maximum atomic E-state index is 12.9. The molecule has 0 rings (SSSR count). The summed E-state index contributed by atoms with van der Waals surface area (Å²) in [5, 5.41) is 0. The molecule has 0 saturated carbocycles. The van der Waals surface area contributed by atoms with Gasteiger partial charge in [0.25, 0.3) is 0 Å². The molecular weight excluding hydrogens is 901 g/mol. The lowest BCUT2D eigenvalue weighted by Gasteiger charge is -2.18. The van der Waals surface area contributed by atoms with Gasteiger partial charge in [-0.1, -0.05) is 280 Å². The number of carbonyl (C=O) groups is 3. The second-order valence-corrected chi connectivity index (χ2v) is 21.0. The summed E-state index contributed by atoms with van der Waals surface area (Å²) in [5.74, 6) is -0.962. The first-order chi connectivity index (χ1) is 36.0. The lowest BCUT2D eigenvalue weighted by atomic mass is 10.0. The molecule has 0 aromatic rings. The Labute approximate surface area is 453 Å². The zero-order chi connectivity index (χ0) is 52.9. The van der Waals surface area contributed by atoms with Gasteiger partial charge in [-0.25, -0.2) is 0 Å². The Bertz CT molecular complexity index is 1360. The maximum Gasteiger partial charge on any atom is 0.306 e. The van der Waals surface area contributed by atoms with Crippen LogP contribution in [0.1, 0.15) is 316 Å². The molecule has 422 valence electrons. The Morgan fingerprint density at radius 3 is 0.836 bits per heavy atom. The highest BCUT2D eigenvalue weighted by molar-refractivity contribution is 5.71. The van der Waals surface area contributed by atoms with Gasteiger partial charge in [-0.2, -0.15) is 0 Å². The number of ether oxygens (including phenoxy) is 3. The van der Waals surface area contributed by atoms with Crippen LogP contribution >= 0.6 is 0 Å². The maximum absolute atomic E-state index is 12.9. The van der Waals surface area contributed by atoms with Crippen molar-refractivity contribution in [1.29, 1.82) is 0 Å². The van der Waals surface area contributed by atoms with Gasteiger partial charge in [-0.3, -0.25) is 14.4 Å². The molecule has 0 amide bonds. The van der Waals surface area contributed by atoms with E-state index in [2.05, 4.69) is 93.7 Å². The molecule has 0 heterocycles. The van der Waals surface area contributed by atoms with Gasteiger partial charge in [0.05, 0.1) is 0 Å². The van der Waals surface area contributed by atoms with Crippen LogP contribution in [0.5, 0.6) is 0 Å². The fourth-order valence-corrected chi connectivity index (χ4v) is 8.94. The SMILES string of the molecule is CCCCC/C=C\C/C=C\C/C=C\CCCCCCC(=O)OC[C@H](COC(=O)CCCCCCCCCCCCCCCCCCCCCCC)OC(=O)CCC/C=C\C/C=C\C/C=C\CCCCCCCC. The van der Waals surface area contributed by atoms with Crippen molar-refractivity contribution in [2.45, 2.75) is 322 Å². The van der Waals surface area contributed by atoms with Crippen LogP contribution in [0, 0.1) is 0 Å². The predicted molar refractivity (Wildman–Crippen MR) is 316 cm³/mol. The highest BCUT2D eigenvalue weighted by atomic mass is 16.6. The largest absolute Gasteiger partial charge is 0.462 e. The molecule has 1 atom stereocenters. The van der Waals surface area contributed by atoms with E-state index in [1.807, 2.05) is 0 Å². The van der Waals surface area contributed by atoms with Gasteiger partial charge >= 0.3 is 17.9 Å². The molecular formula is C67H118O6. The third kappa shape index (κ3) is 59.6. The third-order valence-electron chi connectivity index (χ3n) is 13.7. The molecule has 0 fully saturated rings. The van der Waals surface area contributed by atoms with E-state index < -0.39 is 6.10 Å². The monoisotopic (exact) mass is 1020 g/mol. The number of rotatable bonds is 57. The van der Waals surface area contributed by atoms with E-state index in [1.165, 1.54) is 186 Å². The second-order valence-electron chi connectivity index (χ2n) is 21.0. The summed E-state index contributed by atoms with van der Waals surface area (Å²) in [5.41, 5.74) is 0. The predicted octanol–water partition coefficient (Wildman–Crippen LogP) is 21.3. The normalized spacial score (nSPS) is 12.5. The number of hydrogen-bond donors (Lipinski definition) is 0. The summed E-state index contributed by atoms with van der Waals surface area (Å²) >= 11 is 0. The topological polar surface area (TPSA) is 78.9 Å². The van der Waals surface area contributed by atoms with E-state index in [0.29, 0.717) is 19.3 Å². The molecule has 0 N–H and O–H groups in total. The van der Waals surface area contributed by atoms with Crippen LogP contribution in [-0.4, -0.2) is 37.2 Å². The van der Waals surface area contributed by atoms with Crippen molar-refractivity contribution >= 4 is 17.9 Å². The molecule has 0 spiro atoms. The molecule has 0 aliphatic carbocycles. The summed E-state index contributed by atoms with van der Waals surface area (Å²) < 4.78 is 16.9. The summed E-state index contributed by atoms with van der Waals surface area (Å²) in [6, 6.07) is 0. The van der Waals surface area contributed by atoms with E-state index in [-0.39, 0.29) is 37.5 Å². The lowest BCUT2D eigenvalue weighted by molar-refractivity contribution is -0.167. The lowest BCUT2D eigenvalue weighted by Crippen LogP contribution is -2.30. The minimum absolute atomic E-state index is 0.100. The summed E-state index contributed by atoms with van der Waals surface area (Å²) in [6.45, 7) is 6.58. The van der Waals surface area contributed by atoms with E-state index in [9.17, 15) is 14.4 Å². The first kappa shape index (κ1) is 69.8. The van der Waals surface area contributed by atoms with E-state index in [0.717, 1.165) is 83.5 Å². The van der Waals surface area contributed by atoms with Crippen LogP contribution in [0.15, 0.2) is 72.9 Å². The number of esters is 3. The molecule has 0 saturated heterocycles. The summed E-state index contributed by atoms with van der Waals surface area (Å²) in [7, 11) is 0. The summed E-state index contributed by atoms with van der Waals surface area (Å²) in [4.78, 5) is 38.3. The molecule has 0 aromatic carbocycles. The average Bonchev–Trinajstić information content (AvgIpc) is 3.39. The van der Waals surface area contributed by atoms with Gasteiger partial charge < -0.3 is 14.2 Å². The molecule has 73 heavy (non-hydrogen) atoms. The molecule has 0 aliphatic rings. The van der Waals surface area contributed by atoms with Crippen molar-refractivity contribution in [3.63, 3.8) is 0 Å². The first-order valence-corrected chi connectivity index (χ1v) is 31.4. The highest BCUT2D eigenvalue weighted by Crippen LogP contribution is 2.17. The van der Waals surface area contributed by atoms with Crippen LogP contribution in [0.2, 0.25) is 0 Å². The van der Waals surface area contributed by atoms with Gasteiger partial charge in [-0.15, -0.1) is 0 Å². The van der Waals surface area contributed by atoms with E-state index in [4.69, 9.17) is 14.2 Å². The molecule has 0 bridgehead atoms. The van der Waals surface area contributed by atoms with E-state index in [1.54, 1.807) is 0 Å². The highest BCUT2D eigenvalue weighted by Gasteiger charge is 2.19. The van der Waals surface area contributed by atoms with E-state index >= 15 is 0 Å². The quantitative estimate of drug-likeness (QED) is 0.0261. The van der Waals surface area contributed by atoms with Crippen molar-refractivity contribution in [3.8, 4) is 0 Å². The second kappa shape index (κ2) is 61.4. The Hall–Kier alpha value is -3.15. The van der Waals surface area contributed by atoms with Crippen molar-refractivity contribution in [2.75, 3.05) is 13.2 Å². The summed E-state index contributed by atoms with van der Waals surface area (Å²) in [6.07, 6.45) is 79.1. The van der Waals surface area contributed by atoms with Gasteiger partial charge in [0, 0.05) is 19.3 Å². The number of allylic oxidation sites excluding steroid dienone is 12. The average molecular weight is 1020 g/mol. The Kier molecular flexibility index (Phi) is 58.7. The van der Waals surface area contributed by atoms with Crippen molar-refractivity contribution in [2.24, 2.45) is 0 Å². The van der Waals surface area contributed by atoms with Crippen molar-refractivity contribution in [1.82, 2.24) is 0 Å². The van der Waals surface area contributed by atoms with Gasteiger partial charge in [0.15, 0.2) is 6.10 Å². The first-order valence-electron chi connectivity index (χ1n) is 31.4. The van der Waals surface area contributed by atoms with Crippen molar-refractivity contribution < 1.29 is 28.6 Å². The van der Waals surface area contributed by atoms with Crippen LogP contribution in [0.25, 0.3) is 0 Å². The molecule has 6 heteroatoms. The van der Waals surface area contributed by atoms with Gasteiger partial charge in [0.1, 0.15) is 13.2 Å². The molecule has 0 aliphatic heterocycles. The minimum atomic E-state index is -0.811. The van der Waals surface area contributed by atoms with Crippen LogP contribution < -0.4 is 0 Å². The molecule has 0 radical (unpaired) electrons. The van der Waals surface area contributed by atoms with Gasteiger partial charge in [0.2, 0.25) is 0 Å². The molecule has 0 aromatic heterocycles. The van der Waals surface area contributed by atoms with Crippen LogP contribution in [0.4, 0.5) is 0 Å². The fourth-order valence-electron chi connectivity index (χ4n) is 8.94. The van der Waals surface area contributed by atoms with Crippen LogP contribution in [-0.2, 0) is 28.6 Å². The van der Waals surface area contributed by atoms with Gasteiger partial charge in [-0.05, 0) is 89.9 Å². The van der Waals surface area contributed by atoms with Crippen molar-refractivity contribution in [3.05, 3.63) is 72.9 Å². The Balaban J connectivity index is 4.43.